The molecule has 1 saturated heterocycles. The molecule has 0 amide bonds. The summed E-state index contributed by atoms with van der Waals surface area (Å²) >= 11 is 0. The lowest BCUT2D eigenvalue weighted by atomic mass is 9.78. The molecule has 1 fully saturated rings. The normalized spacial score (nSPS) is 21.7. The highest BCUT2D eigenvalue weighted by Gasteiger charge is 2.61. The first kappa shape index (κ1) is 23.3. The number of hydrogen-bond donors (Lipinski definition) is 2. The zero-order valence-corrected chi connectivity index (χ0v) is 21.2. The summed E-state index contributed by atoms with van der Waals surface area (Å²) in [6, 6.07) is 21.2. The smallest absolute Gasteiger partial charge is 0.205 e. The molecule has 37 heavy (non-hydrogen) atoms. The summed E-state index contributed by atoms with van der Waals surface area (Å²) in [5.41, 5.74) is 2.04. The number of benzene rings is 3. The minimum Gasteiger partial charge on any atom is -0.494 e. The minimum atomic E-state index is -0.752. The Morgan fingerprint density at radius 3 is 2.51 bits per heavy atom. The quantitative estimate of drug-likeness (QED) is 0.358. The van der Waals surface area contributed by atoms with Crippen molar-refractivity contribution < 1.29 is 19.7 Å². The van der Waals surface area contributed by atoms with Crippen molar-refractivity contribution in [2.45, 2.75) is 37.4 Å². The van der Waals surface area contributed by atoms with Crippen molar-refractivity contribution in [3.63, 3.8) is 0 Å². The molecule has 6 rings (SSSR count). The van der Waals surface area contributed by atoms with Crippen LogP contribution in [0, 0.1) is 11.3 Å². The van der Waals surface area contributed by atoms with Crippen molar-refractivity contribution >= 4 is 16.5 Å². The predicted molar refractivity (Wildman–Crippen MR) is 142 cm³/mol. The van der Waals surface area contributed by atoms with E-state index in [0.717, 1.165) is 35.1 Å². The molecule has 0 unspecified atom stereocenters. The van der Waals surface area contributed by atoms with E-state index in [0.29, 0.717) is 35.4 Å². The molecule has 0 radical (unpaired) electrons. The van der Waals surface area contributed by atoms with E-state index in [9.17, 15) is 15.5 Å². The van der Waals surface area contributed by atoms with Crippen LogP contribution in [0.15, 0.2) is 60.7 Å². The molecule has 2 aliphatic heterocycles. The summed E-state index contributed by atoms with van der Waals surface area (Å²) in [4.78, 5) is 2.02. The zero-order valence-electron chi connectivity index (χ0n) is 21.2. The Labute approximate surface area is 215 Å². The number of hydrogen-bond acceptors (Lipinski definition) is 6. The predicted octanol–water partition coefficient (Wildman–Crippen LogP) is 5.68. The maximum atomic E-state index is 11.6. The number of aromatic hydroxyl groups is 2. The molecular formula is C30H29N3O4. The summed E-state index contributed by atoms with van der Waals surface area (Å²) in [7, 11) is 3.98. The molecule has 2 N–H and O–H groups in total. The number of anilines is 1. The van der Waals surface area contributed by atoms with Crippen molar-refractivity contribution in [2.24, 2.45) is 0 Å². The minimum absolute atomic E-state index is 0.0222. The fourth-order valence-electron chi connectivity index (χ4n) is 6.10. The van der Waals surface area contributed by atoms with E-state index < -0.39 is 11.2 Å². The average molecular weight is 496 g/mol. The third kappa shape index (κ3) is 3.36. The van der Waals surface area contributed by atoms with Gasteiger partial charge in [-0.3, -0.25) is 4.57 Å². The second-order valence-corrected chi connectivity index (χ2v) is 10.3. The Bertz CT molecular complexity index is 1580. The van der Waals surface area contributed by atoms with Crippen LogP contribution in [-0.2, 0) is 15.9 Å². The molecule has 0 spiro atoms. The van der Waals surface area contributed by atoms with E-state index in [1.807, 2.05) is 74.4 Å². The van der Waals surface area contributed by atoms with Crippen LogP contribution in [0.25, 0.3) is 16.5 Å². The maximum Gasteiger partial charge on any atom is 0.205 e. The molecule has 188 valence electrons. The first-order chi connectivity index (χ1) is 17.8. The van der Waals surface area contributed by atoms with Crippen LogP contribution in [0.4, 0.5) is 5.69 Å². The van der Waals surface area contributed by atoms with E-state index >= 15 is 0 Å². The molecule has 3 heterocycles. The van der Waals surface area contributed by atoms with Gasteiger partial charge in [-0.05, 0) is 44.0 Å². The number of nitriles is 1. The lowest BCUT2D eigenvalue weighted by molar-refractivity contribution is -0.0876. The highest BCUT2D eigenvalue weighted by Crippen LogP contribution is 2.65. The number of rotatable bonds is 6. The van der Waals surface area contributed by atoms with Crippen molar-refractivity contribution in [2.75, 3.05) is 25.6 Å². The fourth-order valence-corrected chi connectivity index (χ4v) is 6.10. The van der Waals surface area contributed by atoms with Crippen LogP contribution in [-0.4, -0.2) is 35.5 Å². The molecule has 0 saturated carbocycles. The Kier molecular flexibility index (Phi) is 5.15. The summed E-state index contributed by atoms with van der Waals surface area (Å²) in [5, 5.41) is 34.2. The highest BCUT2D eigenvalue weighted by molar-refractivity contribution is 5.95. The van der Waals surface area contributed by atoms with Crippen LogP contribution in [0.3, 0.4) is 0 Å². The van der Waals surface area contributed by atoms with Crippen LogP contribution in [0.5, 0.6) is 17.5 Å². The number of nitrogens with zero attached hydrogens (tertiary/aromatic N) is 3. The van der Waals surface area contributed by atoms with Crippen molar-refractivity contribution in [3.8, 4) is 29.3 Å². The third-order valence-corrected chi connectivity index (χ3v) is 7.90. The van der Waals surface area contributed by atoms with Gasteiger partial charge in [0.25, 0.3) is 0 Å². The van der Waals surface area contributed by atoms with E-state index in [-0.39, 0.29) is 11.8 Å². The second-order valence-electron chi connectivity index (χ2n) is 10.3. The molecule has 3 aromatic carbocycles. The highest BCUT2D eigenvalue weighted by atomic mass is 16.5. The molecule has 4 aromatic rings. The molecular weight excluding hydrogens is 466 g/mol. The van der Waals surface area contributed by atoms with Crippen molar-refractivity contribution in [1.82, 2.24) is 4.57 Å². The van der Waals surface area contributed by atoms with Gasteiger partial charge in [0, 0.05) is 43.0 Å². The van der Waals surface area contributed by atoms with Crippen LogP contribution in [0.1, 0.15) is 42.9 Å². The Balaban J connectivity index is 1.39. The van der Waals surface area contributed by atoms with Gasteiger partial charge in [-0.25, -0.2) is 0 Å². The van der Waals surface area contributed by atoms with E-state index in [1.54, 1.807) is 12.1 Å². The van der Waals surface area contributed by atoms with Crippen LogP contribution in [0.2, 0.25) is 0 Å². The van der Waals surface area contributed by atoms with E-state index in [4.69, 9.17) is 9.47 Å². The first-order valence-corrected chi connectivity index (χ1v) is 12.5. The lowest BCUT2D eigenvalue weighted by Crippen LogP contribution is -2.25. The van der Waals surface area contributed by atoms with Crippen LogP contribution < -0.4 is 9.64 Å². The van der Waals surface area contributed by atoms with Gasteiger partial charge in [0.05, 0.1) is 40.7 Å². The molecule has 7 nitrogen and oxygen atoms in total. The maximum absolute atomic E-state index is 11.6. The van der Waals surface area contributed by atoms with E-state index in [2.05, 4.69) is 6.07 Å². The third-order valence-electron chi connectivity index (χ3n) is 7.90. The molecule has 2 bridgehead atoms. The van der Waals surface area contributed by atoms with Gasteiger partial charge in [0.2, 0.25) is 11.8 Å². The summed E-state index contributed by atoms with van der Waals surface area (Å²) in [6.45, 7) is 2.37. The van der Waals surface area contributed by atoms with Crippen LogP contribution >= 0.6 is 0 Å². The fraction of sp³-hybridized carbons (Fsp3) is 0.300. The van der Waals surface area contributed by atoms with Gasteiger partial charge >= 0.3 is 0 Å². The zero-order chi connectivity index (χ0) is 25.9. The Hall–Kier alpha value is -4.15. The molecule has 1 aromatic heterocycles. The van der Waals surface area contributed by atoms with Gasteiger partial charge in [0.1, 0.15) is 11.4 Å². The van der Waals surface area contributed by atoms with Gasteiger partial charge in [0.15, 0.2) is 0 Å². The largest absolute Gasteiger partial charge is 0.494 e. The van der Waals surface area contributed by atoms with Gasteiger partial charge in [-0.15, -0.1) is 0 Å². The number of ether oxygens (including phenoxy) is 2. The molecule has 7 heteroatoms. The monoisotopic (exact) mass is 495 g/mol. The Morgan fingerprint density at radius 2 is 1.76 bits per heavy atom. The topological polar surface area (TPSA) is 90.9 Å². The summed E-state index contributed by atoms with van der Waals surface area (Å²) in [5.74, 6) is 0.724. The molecule has 0 aliphatic carbocycles. The van der Waals surface area contributed by atoms with Crippen molar-refractivity contribution in [1.29, 1.82) is 5.26 Å². The van der Waals surface area contributed by atoms with Gasteiger partial charge < -0.3 is 24.6 Å². The number of fused-ring (bicyclic) bond motifs is 6. The average Bonchev–Trinajstić information content (AvgIpc) is 3.48. The van der Waals surface area contributed by atoms with Gasteiger partial charge in [-0.2, -0.15) is 5.26 Å². The van der Waals surface area contributed by atoms with E-state index in [1.165, 1.54) is 4.57 Å². The number of aromatic nitrogens is 1. The summed E-state index contributed by atoms with van der Waals surface area (Å²) < 4.78 is 14.2. The molecule has 2 atom stereocenters. The lowest BCUT2D eigenvalue weighted by Gasteiger charge is -2.26. The standard InChI is InChI=1S/C30H29N3O4/c1-29-13-14-30(37-29,15-16-36-21-8-6-7-20(17-21)32(2)3)26-25(29)27(34)33(28(26)35)24-12-11-19(18-31)22-9-4-5-10-23(22)24/h4-12,17,34-35H,13-16H2,1-3H3/t29-,30-/m1/s1. The van der Waals surface area contributed by atoms with Gasteiger partial charge in [-0.1, -0.05) is 30.3 Å². The second kappa shape index (κ2) is 8.19. The Morgan fingerprint density at radius 1 is 1.00 bits per heavy atom. The molecule has 2 aliphatic rings. The van der Waals surface area contributed by atoms with Crippen molar-refractivity contribution in [3.05, 3.63) is 77.4 Å². The SMILES string of the molecule is CN(C)c1cccc(OCC[C@@]23CC[C@@](C)(O2)c2c3c(O)n(-c3ccc(C#N)c4ccccc34)c2O)c1. The first-order valence-electron chi connectivity index (χ1n) is 12.5. The summed E-state index contributed by atoms with van der Waals surface area (Å²) in [6.07, 6.45) is 2.00.